The molecule has 1 unspecified atom stereocenters. The van der Waals surface area contributed by atoms with Crippen LogP contribution in [-0.2, 0) is 13.5 Å². The smallest absolute Gasteiger partial charge is 0.146 e. The molecule has 0 saturated carbocycles. The van der Waals surface area contributed by atoms with E-state index in [-0.39, 0.29) is 11.9 Å². The zero-order valence-corrected chi connectivity index (χ0v) is 12.0. The predicted molar refractivity (Wildman–Crippen MR) is 76.8 cm³/mol. The van der Waals surface area contributed by atoms with E-state index in [0.29, 0.717) is 5.69 Å². The molecule has 0 amide bonds. The van der Waals surface area contributed by atoms with Gasteiger partial charge in [0.2, 0.25) is 0 Å². The van der Waals surface area contributed by atoms with Gasteiger partial charge in [0.1, 0.15) is 11.6 Å². The van der Waals surface area contributed by atoms with Gasteiger partial charge in [0, 0.05) is 32.1 Å². The third-order valence-electron chi connectivity index (χ3n) is 3.34. The molecular formula is C15H21FN4. The zero-order valence-electron chi connectivity index (χ0n) is 12.0. The fourth-order valence-corrected chi connectivity index (χ4v) is 2.22. The van der Waals surface area contributed by atoms with Crippen molar-refractivity contribution in [1.29, 1.82) is 0 Å². The average Bonchev–Trinajstić information content (AvgIpc) is 2.86. The van der Waals surface area contributed by atoms with E-state index in [1.807, 2.05) is 17.8 Å². The molecule has 0 fully saturated rings. The number of rotatable bonds is 7. The van der Waals surface area contributed by atoms with Gasteiger partial charge < -0.3 is 9.88 Å². The van der Waals surface area contributed by atoms with E-state index in [4.69, 9.17) is 0 Å². The molecule has 0 bridgehead atoms. The summed E-state index contributed by atoms with van der Waals surface area (Å²) >= 11 is 0. The van der Waals surface area contributed by atoms with Crippen molar-refractivity contribution in [3.8, 4) is 0 Å². The molecule has 1 N–H and O–H groups in total. The first kappa shape index (κ1) is 14.7. The Bertz CT molecular complexity index is 538. The first-order chi connectivity index (χ1) is 9.72. The zero-order chi connectivity index (χ0) is 14.4. The summed E-state index contributed by atoms with van der Waals surface area (Å²) < 4.78 is 15.9. The maximum absolute atomic E-state index is 13.9. The molecule has 2 aromatic heterocycles. The highest BCUT2D eigenvalue weighted by molar-refractivity contribution is 5.12. The number of imidazole rings is 1. The van der Waals surface area contributed by atoms with Crippen LogP contribution in [-0.4, -0.2) is 21.1 Å². The van der Waals surface area contributed by atoms with Crippen molar-refractivity contribution >= 4 is 0 Å². The Morgan fingerprint density at radius 3 is 2.85 bits per heavy atom. The van der Waals surface area contributed by atoms with Crippen LogP contribution in [0.4, 0.5) is 4.39 Å². The lowest BCUT2D eigenvalue weighted by molar-refractivity contribution is 0.455. The Kier molecular flexibility index (Phi) is 5.24. The fraction of sp³-hybridized carbons (Fsp3) is 0.467. The largest absolute Gasteiger partial charge is 0.338 e. The van der Waals surface area contributed by atoms with E-state index < -0.39 is 0 Å². The number of pyridine rings is 1. The third kappa shape index (κ3) is 3.63. The van der Waals surface area contributed by atoms with Gasteiger partial charge in [-0.3, -0.25) is 4.98 Å². The van der Waals surface area contributed by atoms with Gasteiger partial charge in [-0.15, -0.1) is 0 Å². The molecule has 0 radical (unpaired) electrons. The molecule has 0 aliphatic heterocycles. The van der Waals surface area contributed by atoms with Crippen LogP contribution < -0.4 is 5.32 Å². The van der Waals surface area contributed by atoms with Crippen molar-refractivity contribution in [2.75, 3.05) is 6.54 Å². The minimum absolute atomic E-state index is 0.0761. The molecule has 2 heterocycles. The number of hydrogen-bond acceptors (Lipinski definition) is 3. The summed E-state index contributed by atoms with van der Waals surface area (Å²) in [6.45, 7) is 2.94. The quantitative estimate of drug-likeness (QED) is 0.845. The van der Waals surface area contributed by atoms with Crippen LogP contribution in [0.2, 0.25) is 0 Å². The van der Waals surface area contributed by atoms with Gasteiger partial charge in [0.25, 0.3) is 0 Å². The number of aromatic nitrogens is 3. The molecule has 4 nitrogen and oxygen atoms in total. The third-order valence-corrected chi connectivity index (χ3v) is 3.34. The Hall–Kier alpha value is -1.75. The minimum atomic E-state index is -0.249. The van der Waals surface area contributed by atoms with E-state index >= 15 is 0 Å². The second kappa shape index (κ2) is 7.14. The Labute approximate surface area is 119 Å². The summed E-state index contributed by atoms with van der Waals surface area (Å²) in [4.78, 5) is 8.49. The van der Waals surface area contributed by atoms with Crippen LogP contribution in [0.5, 0.6) is 0 Å². The monoisotopic (exact) mass is 276 g/mol. The molecular weight excluding hydrogens is 255 g/mol. The number of nitrogens with one attached hydrogen (secondary N) is 1. The van der Waals surface area contributed by atoms with Gasteiger partial charge in [0.15, 0.2) is 0 Å². The standard InChI is InChI=1S/C15H21FN4/c1-3-8-17-13(15-12(16)5-4-9-19-15)6-7-14-18-10-11-20(14)2/h4-5,9-11,13,17H,3,6-8H2,1-2H3. The van der Waals surface area contributed by atoms with Crippen LogP contribution in [0.3, 0.4) is 0 Å². The molecule has 108 valence electrons. The second-order valence-electron chi connectivity index (χ2n) is 4.87. The molecule has 1 atom stereocenters. The lowest BCUT2D eigenvalue weighted by Crippen LogP contribution is -2.25. The normalized spacial score (nSPS) is 12.6. The Morgan fingerprint density at radius 2 is 2.20 bits per heavy atom. The molecule has 5 heteroatoms. The van der Waals surface area contributed by atoms with Gasteiger partial charge >= 0.3 is 0 Å². The number of aryl methyl sites for hydroxylation is 2. The molecule has 0 aromatic carbocycles. The predicted octanol–water partition coefficient (Wildman–Crippen LogP) is 2.63. The average molecular weight is 276 g/mol. The van der Waals surface area contributed by atoms with Gasteiger partial charge in [0.05, 0.1) is 11.7 Å². The molecule has 0 aliphatic carbocycles. The van der Waals surface area contributed by atoms with Gasteiger partial charge in [-0.2, -0.15) is 0 Å². The summed E-state index contributed by atoms with van der Waals surface area (Å²) in [6.07, 6.45) is 7.92. The van der Waals surface area contributed by atoms with Gasteiger partial charge in [-0.05, 0) is 31.5 Å². The molecule has 0 saturated heterocycles. The second-order valence-corrected chi connectivity index (χ2v) is 4.87. The van der Waals surface area contributed by atoms with Crippen LogP contribution in [0.15, 0.2) is 30.7 Å². The van der Waals surface area contributed by atoms with Crippen LogP contribution in [0, 0.1) is 5.82 Å². The molecule has 2 aromatic rings. The Morgan fingerprint density at radius 1 is 1.35 bits per heavy atom. The Balaban J connectivity index is 2.08. The van der Waals surface area contributed by atoms with E-state index in [1.54, 1.807) is 18.5 Å². The molecule has 0 aliphatic rings. The number of nitrogens with zero attached hydrogens (tertiary/aromatic N) is 3. The molecule has 20 heavy (non-hydrogen) atoms. The van der Waals surface area contributed by atoms with Crippen molar-refractivity contribution in [2.45, 2.75) is 32.2 Å². The van der Waals surface area contributed by atoms with E-state index in [0.717, 1.165) is 31.6 Å². The van der Waals surface area contributed by atoms with Gasteiger partial charge in [-0.25, -0.2) is 9.37 Å². The maximum Gasteiger partial charge on any atom is 0.146 e. The van der Waals surface area contributed by atoms with Crippen molar-refractivity contribution in [3.05, 3.63) is 48.1 Å². The van der Waals surface area contributed by atoms with Crippen LogP contribution >= 0.6 is 0 Å². The highest BCUT2D eigenvalue weighted by atomic mass is 19.1. The lowest BCUT2D eigenvalue weighted by atomic mass is 10.1. The summed E-state index contributed by atoms with van der Waals surface area (Å²) in [6, 6.07) is 3.01. The first-order valence-electron chi connectivity index (χ1n) is 7.02. The first-order valence-corrected chi connectivity index (χ1v) is 7.02. The summed E-state index contributed by atoms with van der Waals surface area (Å²) in [7, 11) is 1.97. The molecule has 2 rings (SSSR count). The van der Waals surface area contributed by atoms with E-state index in [2.05, 4.69) is 22.2 Å². The van der Waals surface area contributed by atoms with Gasteiger partial charge in [-0.1, -0.05) is 6.92 Å². The highest BCUT2D eigenvalue weighted by Gasteiger charge is 2.17. The SMILES string of the molecule is CCCNC(CCc1nccn1C)c1ncccc1F. The number of halogens is 1. The van der Waals surface area contributed by atoms with Crippen LogP contribution in [0.1, 0.15) is 37.3 Å². The van der Waals surface area contributed by atoms with Crippen molar-refractivity contribution in [3.63, 3.8) is 0 Å². The molecule has 0 spiro atoms. The number of hydrogen-bond donors (Lipinski definition) is 1. The fourth-order valence-electron chi connectivity index (χ4n) is 2.22. The highest BCUT2D eigenvalue weighted by Crippen LogP contribution is 2.19. The van der Waals surface area contributed by atoms with Crippen LogP contribution in [0.25, 0.3) is 0 Å². The van der Waals surface area contributed by atoms with E-state index in [9.17, 15) is 4.39 Å². The van der Waals surface area contributed by atoms with Crippen molar-refractivity contribution < 1.29 is 4.39 Å². The summed E-state index contributed by atoms with van der Waals surface area (Å²) in [5.41, 5.74) is 0.496. The minimum Gasteiger partial charge on any atom is -0.338 e. The summed E-state index contributed by atoms with van der Waals surface area (Å²) in [5, 5.41) is 3.37. The van der Waals surface area contributed by atoms with E-state index in [1.165, 1.54) is 6.07 Å². The summed E-state index contributed by atoms with van der Waals surface area (Å²) in [5.74, 6) is 0.755. The van der Waals surface area contributed by atoms with Crippen molar-refractivity contribution in [2.24, 2.45) is 7.05 Å². The van der Waals surface area contributed by atoms with Crippen molar-refractivity contribution in [1.82, 2.24) is 19.9 Å². The maximum atomic E-state index is 13.9. The lowest BCUT2D eigenvalue weighted by Gasteiger charge is -2.18. The topological polar surface area (TPSA) is 42.7 Å².